The molecule has 2 aromatic heterocycles. The van der Waals surface area contributed by atoms with Crippen molar-refractivity contribution in [3.63, 3.8) is 0 Å². The molecule has 0 atom stereocenters. The lowest BCUT2D eigenvalue weighted by Gasteiger charge is -2.15. The van der Waals surface area contributed by atoms with E-state index in [-0.39, 0.29) is 5.91 Å². The minimum Gasteiger partial charge on any atom is -0.345 e. The molecule has 2 aromatic rings. The molecule has 0 bridgehead atoms. The second-order valence-electron chi connectivity index (χ2n) is 5.59. The highest BCUT2D eigenvalue weighted by molar-refractivity contribution is 5.93. The highest BCUT2D eigenvalue weighted by Gasteiger charge is 2.15. The summed E-state index contributed by atoms with van der Waals surface area (Å²) in [7, 11) is 1.90. The normalized spacial score (nSPS) is 11.2. The van der Waals surface area contributed by atoms with Crippen LogP contribution in [0.4, 0.5) is 5.69 Å². The zero-order valence-electron chi connectivity index (χ0n) is 13.9. The van der Waals surface area contributed by atoms with Crippen LogP contribution in [0.5, 0.6) is 0 Å². The van der Waals surface area contributed by atoms with E-state index in [4.69, 9.17) is 0 Å². The smallest absolute Gasteiger partial charge is 0.238 e. The van der Waals surface area contributed by atoms with E-state index in [9.17, 15) is 4.79 Å². The van der Waals surface area contributed by atoms with Crippen LogP contribution >= 0.6 is 0 Å². The molecule has 0 saturated carbocycles. The standard InChI is InChI=1S/C15H24N6O/c1-6-21-12(4)15(11(3)19-21)18-14(22)9-20(5)8-13-16-7-10(2)17-13/h7H,6,8-9H2,1-5H3,(H,16,17)(H,18,22). The number of aromatic nitrogens is 4. The molecule has 0 spiro atoms. The number of carbonyl (C=O) groups is 1. The molecule has 2 rings (SSSR count). The van der Waals surface area contributed by atoms with E-state index >= 15 is 0 Å². The van der Waals surface area contributed by atoms with Crippen molar-refractivity contribution in [2.24, 2.45) is 0 Å². The summed E-state index contributed by atoms with van der Waals surface area (Å²) in [4.78, 5) is 21.5. The lowest BCUT2D eigenvalue weighted by atomic mass is 10.3. The Balaban J connectivity index is 1.94. The van der Waals surface area contributed by atoms with Crippen LogP contribution in [0.1, 0.15) is 29.8 Å². The van der Waals surface area contributed by atoms with Crippen molar-refractivity contribution in [3.8, 4) is 0 Å². The molecular formula is C15H24N6O. The van der Waals surface area contributed by atoms with Crippen LogP contribution in [-0.4, -0.2) is 44.1 Å². The quantitative estimate of drug-likeness (QED) is 0.850. The van der Waals surface area contributed by atoms with E-state index in [1.165, 1.54) is 0 Å². The number of likely N-dealkylation sites (N-methyl/N-ethyl adjacent to an activating group) is 1. The Morgan fingerprint density at radius 3 is 2.68 bits per heavy atom. The predicted octanol–water partition coefficient (Wildman–Crippen LogP) is 1.62. The third-order valence-corrected chi connectivity index (χ3v) is 3.53. The van der Waals surface area contributed by atoms with Crippen molar-refractivity contribution < 1.29 is 4.79 Å². The zero-order valence-corrected chi connectivity index (χ0v) is 13.9. The summed E-state index contributed by atoms with van der Waals surface area (Å²) in [6.45, 7) is 9.56. The average Bonchev–Trinajstić information content (AvgIpc) is 2.96. The van der Waals surface area contributed by atoms with Crippen molar-refractivity contribution in [2.75, 3.05) is 18.9 Å². The Hall–Kier alpha value is -2.15. The molecule has 2 N–H and O–H groups in total. The van der Waals surface area contributed by atoms with Gasteiger partial charge in [-0.1, -0.05) is 0 Å². The van der Waals surface area contributed by atoms with Gasteiger partial charge in [0.2, 0.25) is 5.91 Å². The first kappa shape index (κ1) is 16.2. The monoisotopic (exact) mass is 304 g/mol. The van der Waals surface area contributed by atoms with Crippen molar-refractivity contribution >= 4 is 11.6 Å². The van der Waals surface area contributed by atoms with Gasteiger partial charge in [0.15, 0.2) is 0 Å². The van der Waals surface area contributed by atoms with Crippen LogP contribution in [0, 0.1) is 20.8 Å². The van der Waals surface area contributed by atoms with Gasteiger partial charge in [0.1, 0.15) is 5.82 Å². The fourth-order valence-electron chi connectivity index (χ4n) is 2.47. The molecule has 22 heavy (non-hydrogen) atoms. The van der Waals surface area contributed by atoms with E-state index < -0.39 is 0 Å². The number of anilines is 1. The number of hydrogen-bond donors (Lipinski definition) is 2. The Morgan fingerprint density at radius 1 is 1.41 bits per heavy atom. The first-order chi connectivity index (χ1) is 10.4. The number of amides is 1. The van der Waals surface area contributed by atoms with Gasteiger partial charge in [-0.15, -0.1) is 0 Å². The van der Waals surface area contributed by atoms with Crippen molar-refractivity contribution in [3.05, 3.63) is 29.1 Å². The largest absolute Gasteiger partial charge is 0.345 e. The second kappa shape index (κ2) is 6.74. The summed E-state index contributed by atoms with van der Waals surface area (Å²) < 4.78 is 1.89. The molecule has 2 heterocycles. The molecule has 0 unspecified atom stereocenters. The fraction of sp³-hybridized carbons (Fsp3) is 0.533. The van der Waals surface area contributed by atoms with Gasteiger partial charge >= 0.3 is 0 Å². The number of nitrogens with one attached hydrogen (secondary N) is 2. The number of aryl methyl sites for hydroxylation is 3. The van der Waals surface area contributed by atoms with E-state index in [2.05, 4.69) is 20.4 Å². The highest BCUT2D eigenvalue weighted by Crippen LogP contribution is 2.19. The topological polar surface area (TPSA) is 78.8 Å². The van der Waals surface area contributed by atoms with Gasteiger partial charge in [-0.2, -0.15) is 5.10 Å². The summed E-state index contributed by atoms with van der Waals surface area (Å²) in [5, 5.41) is 7.37. The SMILES string of the molecule is CCn1nc(C)c(NC(=O)CN(C)Cc2ncc(C)[nH]2)c1C. The summed E-state index contributed by atoms with van der Waals surface area (Å²) in [6, 6.07) is 0. The van der Waals surface area contributed by atoms with Gasteiger partial charge in [-0.25, -0.2) is 4.98 Å². The van der Waals surface area contributed by atoms with E-state index in [0.29, 0.717) is 13.1 Å². The summed E-state index contributed by atoms with van der Waals surface area (Å²) in [5.74, 6) is 0.812. The molecule has 0 aliphatic rings. The number of rotatable bonds is 6. The molecule has 0 saturated heterocycles. The summed E-state index contributed by atoms with van der Waals surface area (Å²) >= 11 is 0. The zero-order chi connectivity index (χ0) is 16.3. The van der Waals surface area contributed by atoms with Crippen LogP contribution in [0.25, 0.3) is 0 Å². The van der Waals surface area contributed by atoms with Crippen molar-refractivity contribution in [2.45, 2.75) is 40.8 Å². The Kier molecular flexibility index (Phi) is 4.97. The molecule has 7 heteroatoms. The molecule has 0 fully saturated rings. The number of nitrogens with zero attached hydrogens (tertiary/aromatic N) is 4. The first-order valence-corrected chi connectivity index (χ1v) is 7.43. The molecule has 1 amide bonds. The van der Waals surface area contributed by atoms with Crippen LogP contribution in [0.2, 0.25) is 0 Å². The lowest BCUT2D eigenvalue weighted by Crippen LogP contribution is -2.30. The number of imidazole rings is 1. The van der Waals surface area contributed by atoms with Crippen molar-refractivity contribution in [1.82, 2.24) is 24.6 Å². The number of H-pyrrole nitrogens is 1. The molecule has 0 radical (unpaired) electrons. The third-order valence-electron chi connectivity index (χ3n) is 3.53. The minimum atomic E-state index is -0.0485. The maximum absolute atomic E-state index is 12.2. The number of hydrogen-bond acceptors (Lipinski definition) is 4. The summed E-state index contributed by atoms with van der Waals surface area (Å²) in [6.07, 6.45) is 1.79. The van der Waals surface area contributed by atoms with E-state index in [1.807, 2.05) is 44.3 Å². The molecule has 0 aliphatic heterocycles. The number of carbonyl (C=O) groups excluding carboxylic acids is 1. The van der Waals surface area contributed by atoms with Crippen LogP contribution in [0.3, 0.4) is 0 Å². The third kappa shape index (κ3) is 3.73. The van der Waals surface area contributed by atoms with Gasteiger partial charge < -0.3 is 10.3 Å². The van der Waals surface area contributed by atoms with Crippen molar-refractivity contribution in [1.29, 1.82) is 0 Å². The van der Waals surface area contributed by atoms with Gasteiger partial charge in [0, 0.05) is 18.4 Å². The van der Waals surface area contributed by atoms with Crippen LogP contribution < -0.4 is 5.32 Å². The molecule has 0 aliphatic carbocycles. The lowest BCUT2D eigenvalue weighted by molar-refractivity contribution is -0.117. The Bertz CT molecular complexity index is 657. The van der Waals surface area contributed by atoms with Gasteiger partial charge in [0.05, 0.1) is 30.2 Å². The van der Waals surface area contributed by atoms with Crippen LogP contribution in [-0.2, 0) is 17.9 Å². The summed E-state index contributed by atoms with van der Waals surface area (Å²) in [5.41, 5.74) is 3.66. The second-order valence-corrected chi connectivity index (χ2v) is 5.59. The van der Waals surface area contributed by atoms with Gasteiger partial charge in [-0.05, 0) is 34.7 Å². The molecule has 0 aromatic carbocycles. The van der Waals surface area contributed by atoms with E-state index in [1.54, 1.807) is 6.20 Å². The maximum Gasteiger partial charge on any atom is 0.238 e. The Morgan fingerprint density at radius 2 is 2.14 bits per heavy atom. The van der Waals surface area contributed by atoms with Gasteiger partial charge in [0.25, 0.3) is 0 Å². The van der Waals surface area contributed by atoms with Gasteiger partial charge in [-0.3, -0.25) is 14.4 Å². The maximum atomic E-state index is 12.2. The highest BCUT2D eigenvalue weighted by atomic mass is 16.2. The predicted molar refractivity (Wildman–Crippen MR) is 85.7 cm³/mol. The Labute approximate surface area is 130 Å². The van der Waals surface area contributed by atoms with E-state index in [0.717, 1.165) is 35.1 Å². The molecule has 7 nitrogen and oxygen atoms in total. The average molecular weight is 304 g/mol. The molecule has 120 valence electrons. The molecular weight excluding hydrogens is 280 g/mol. The first-order valence-electron chi connectivity index (χ1n) is 7.43. The minimum absolute atomic E-state index is 0.0485. The fourth-order valence-corrected chi connectivity index (χ4v) is 2.47. The van der Waals surface area contributed by atoms with Crippen LogP contribution in [0.15, 0.2) is 6.20 Å². The number of aromatic amines is 1.